The molecule has 1 saturated heterocycles. The first kappa shape index (κ1) is 17.0. The van der Waals surface area contributed by atoms with E-state index in [0.717, 1.165) is 29.0 Å². The van der Waals surface area contributed by atoms with Gasteiger partial charge in [0.15, 0.2) is 4.90 Å². The molecule has 0 aliphatic carbocycles. The number of sulfonamides is 1. The predicted molar refractivity (Wildman–Crippen MR) is 83.8 cm³/mol. The molecular formula is C15H18F2N4O2S. The number of aromatic nitrogens is 2. The maximum Gasteiger partial charge on any atom is 0.249 e. The number of piperazine rings is 1. The number of benzene rings is 1. The number of halogens is 2. The highest BCUT2D eigenvalue weighted by Gasteiger charge is 2.32. The second kappa shape index (κ2) is 6.96. The Morgan fingerprint density at radius 3 is 2.25 bits per heavy atom. The van der Waals surface area contributed by atoms with Gasteiger partial charge in [0.05, 0.1) is 6.54 Å². The summed E-state index contributed by atoms with van der Waals surface area (Å²) >= 11 is 0. The largest absolute Gasteiger partial charge is 0.299 e. The highest BCUT2D eigenvalue weighted by Crippen LogP contribution is 2.23. The standard InChI is InChI=1S/C15H18F2N4O2S/c16-13-3-1-4-14(17)15(13)24(22,23)21-11-8-19(9-12-21)7-10-20-6-2-5-18-20/h1-6H,7-12H2. The molecule has 1 aromatic heterocycles. The minimum Gasteiger partial charge on any atom is -0.299 e. The van der Waals surface area contributed by atoms with Gasteiger partial charge in [-0.3, -0.25) is 9.58 Å². The van der Waals surface area contributed by atoms with Crippen molar-refractivity contribution < 1.29 is 17.2 Å². The van der Waals surface area contributed by atoms with Gasteiger partial charge in [-0.25, -0.2) is 17.2 Å². The third kappa shape index (κ3) is 3.47. The van der Waals surface area contributed by atoms with Crippen LogP contribution < -0.4 is 0 Å². The molecule has 1 aromatic carbocycles. The van der Waals surface area contributed by atoms with Crippen LogP contribution in [0.1, 0.15) is 0 Å². The van der Waals surface area contributed by atoms with Crippen LogP contribution in [0, 0.1) is 11.6 Å². The molecule has 1 aliphatic rings. The summed E-state index contributed by atoms with van der Waals surface area (Å²) in [6.07, 6.45) is 3.56. The van der Waals surface area contributed by atoms with Gasteiger partial charge in [-0.15, -0.1) is 0 Å². The van der Waals surface area contributed by atoms with Crippen LogP contribution in [0.3, 0.4) is 0 Å². The van der Waals surface area contributed by atoms with Crippen LogP contribution in [-0.2, 0) is 16.6 Å². The fourth-order valence-corrected chi connectivity index (χ4v) is 4.26. The maximum atomic E-state index is 13.8. The molecule has 0 radical (unpaired) electrons. The van der Waals surface area contributed by atoms with Gasteiger partial charge in [0.25, 0.3) is 0 Å². The van der Waals surface area contributed by atoms with Crippen molar-refractivity contribution in [3.05, 3.63) is 48.3 Å². The molecule has 2 aromatic rings. The monoisotopic (exact) mass is 356 g/mol. The fourth-order valence-electron chi connectivity index (χ4n) is 2.73. The van der Waals surface area contributed by atoms with Gasteiger partial charge >= 0.3 is 0 Å². The molecule has 0 atom stereocenters. The second-order valence-electron chi connectivity index (χ2n) is 5.57. The molecule has 0 unspecified atom stereocenters. The average Bonchev–Trinajstić information content (AvgIpc) is 3.06. The zero-order valence-corrected chi connectivity index (χ0v) is 13.8. The molecule has 0 amide bonds. The molecular weight excluding hydrogens is 338 g/mol. The van der Waals surface area contributed by atoms with Crippen LogP contribution in [0.25, 0.3) is 0 Å². The Morgan fingerprint density at radius 1 is 1.00 bits per heavy atom. The van der Waals surface area contributed by atoms with Crippen LogP contribution in [0.4, 0.5) is 8.78 Å². The second-order valence-corrected chi connectivity index (χ2v) is 7.44. The Hall–Kier alpha value is -1.84. The van der Waals surface area contributed by atoms with E-state index in [9.17, 15) is 17.2 Å². The van der Waals surface area contributed by atoms with E-state index in [-0.39, 0.29) is 13.1 Å². The molecule has 0 bridgehead atoms. The van der Waals surface area contributed by atoms with Crippen molar-refractivity contribution in [3.63, 3.8) is 0 Å². The lowest BCUT2D eigenvalue weighted by molar-refractivity contribution is 0.180. The van der Waals surface area contributed by atoms with Crippen molar-refractivity contribution in [1.82, 2.24) is 19.0 Å². The molecule has 0 spiro atoms. The third-order valence-corrected chi connectivity index (χ3v) is 6.00. The topological polar surface area (TPSA) is 58.4 Å². The van der Waals surface area contributed by atoms with E-state index in [1.165, 1.54) is 0 Å². The van der Waals surface area contributed by atoms with Crippen molar-refractivity contribution >= 4 is 10.0 Å². The van der Waals surface area contributed by atoms with E-state index in [1.807, 2.05) is 12.3 Å². The summed E-state index contributed by atoms with van der Waals surface area (Å²) in [6.45, 7) is 2.88. The zero-order valence-electron chi connectivity index (χ0n) is 13.0. The lowest BCUT2D eigenvalue weighted by Crippen LogP contribution is -2.49. The van der Waals surface area contributed by atoms with Gasteiger partial charge in [0, 0.05) is 45.1 Å². The zero-order chi connectivity index (χ0) is 17.2. The lowest BCUT2D eigenvalue weighted by atomic mass is 10.3. The Labute approximate surface area is 139 Å². The molecule has 0 saturated carbocycles. The van der Waals surface area contributed by atoms with Crippen molar-refractivity contribution in [2.45, 2.75) is 11.4 Å². The SMILES string of the molecule is O=S(=O)(c1c(F)cccc1F)N1CCN(CCn2cccn2)CC1. The van der Waals surface area contributed by atoms with Gasteiger partial charge in [-0.2, -0.15) is 9.40 Å². The predicted octanol–water partition coefficient (Wildman–Crippen LogP) is 1.17. The maximum absolute atomic E-state index is 13.8. The number of rotatable bonds is 5. The normalized spacial score (nSPS) is 17.2. The van der Waals surface area contributed by atoms with Gasteiger partial charge in [-0.05, 0) is 18.2 Å². The van der Waals surface area contributed by atoms with Gasteiger partial charge in [0.2, 0.25) is 10.0 Å². The van der Waals surface area contributed by atoms with E-state index in [0.29, 0.717) is 19.6 Å². The Balaban J connectivity index is 1.63. The Bertz CT molecular complexity index is 768. The van der Waals surface area contributed by atoms with Crippen molar-refractivity contribution in [2.24, 2.45) is 0 Å². The van der Waals surface area contributed by atoms with Gasteiger partial charge in [0.1, 0.15) is 11.6 Å². The van der Waals surface area contributed by atoms with Crippen LogP contribution in [-0.4, -0.2) is 60.1 Å². The minimum atomic E-state index is -4.17. The molecule has 1 fully saturated rings. The van der Waals surface area contributed by atoms with Crippen molar-refractivity contribution in [1.29, 1.82) is 0 Å². The first-order chi connectivity index (χ1) is 11.5. The Kier molecular flexibility index (Phi) is 4.93. The molecule has 130 valence electrons. The number of hydrogen-bond acceptors (Lipinski definition) is 4. The lowest BCUT2D eigenvalue weighted by Gasteiger charge is -2.33. The van der Waals surface area contributed by atoms with Crippen LogP contribution >= 0.6 is 0 Å². The number of hydrogen-bond donors (Lipinski definition) is 0. The summed E-state index contributed by atoms with van der Waals surface area (Å²) < 4.78 is 55.5. The molecule has 1 aliphatic heterocycles. The number of nitrogens with zero attached hydrogens (tertiary/aromatic N) is 4. The first-order valence-corrected chi connectivity index (χ1v) is 9.06. The van der Waals surface area contributed by atoms with Crippen LogP contribution in [0.15, 0.2) is 41.6 Å². The molecule has 3 rings (SSSR count). The van der Waals surface area contributed by atoms with Gasteiger partial charge in [-0.1, -0.05) is 6.07 Å². The van der Waals surface area contributed by atoms with E-state index < -0.39 is 26.6 Å². The minimum absolute atomic E-state index is 0.204. The van der Waals surface area contributed by atoms with Crippen LogP contribution in [0.2, 0.25) is 0 Å². The van der Waals surface area contributed by atoms with Crippen LogP contribution in [0.5, 0.6) is 0 Å². The van der Waals surface area contributed by atoms with Gasteiger partial charge < -0.3 is 0 Å². The van der Waals surface area contributed by atoms with E-state index >= 15 is 0 Å². The smallest absolute Gasteiger partial charge is 0.249 e. The van der Waals surface area contributed by atoms with E-state index in [1.54, 1.807) is 10.9 Å². The Morgan fingerprint density at radius 2 is 1.67 bits per heavy atom. The molecule has 9 heteroatoms. The summed E-state index contributed by atoms with van der Waals surface area (Å²) in [5.74, 6) is -2.12. The van der Waals surface area contributed by atoms with E-state index in [4.69, 9.17) is 0 Å². The fraction of sp³-hybridized carbons (Fsp3) is 0.400. The summed E-state index contributed by atoms with van der Waals surface area (Å²) in [5, 5.41) is 4.11. The summed E-state index contributed by atoms with van der Waals surface area (Å²) in [5.41, 5.74) is 0. The van der Waals surface area contributed by atoms with E-state index in [2.05, 4.69) is 10.00 Å². The third-order valence-electron chi connectivity index (χ3n) is 4.05. The molecule has 24 heavy (non-hydrogen) atoms. The van der Waals surface area contributed by atoms with Crippen molar-refractivity contribution in [3.8, 4) is 0 Å². The molecule has 6 nitrogen and oxygen atoms in total. The summed E-state index contributed by atoms with van der Waals surface area (Å²) in [4.78, 5) is 1.24. The highest BCUT2D eigenvalue weighted by molar-refractivity contribution is 7.89. The highest BCUT2D eigenvalue weighted by atomic mass is 32.2. The summed E-state index contributed by atoms with van der Waals surface area (Å²) in [6, 6.07) is 4.90. The first-order valence-electron chi connectivity index (χ1n) is 7.62. The quantitative estimate of drug-likeness (QED) is 0.807. The van der Waals surface area contributed by atoms with Crippen molar-refractivity contribution in [2.75, 3.05) is 32.7 Å². The molecule has 2 heterocycles. The average molecular weight is 356 g/mol. The molecule has 0 N–H and O–H groups in total. The summed E-state index contributed by atoms with van der Waals surface area (Å²) in [7, 11) is -4.17.